The van der Waals surface area contributed by atoms with Gasteiger partial charge in [-0.3, -0.25) is 4.79 Å². The van der Waals surface area contributed by atoms with Gasteiger partial charge >= 0.3 is 0 Å². The first-order valence-electron chi connectivity index (χ1n) is 6.36. The van der Waals surface area contributed by atoms with Crippen LogP contribution >= 0.6 is 0 Å². The average Bonchev–Trinajstić information content (AvgIpc) is 2.44. The smallest absolute Gasteiger partial charge is 0.234 e. The van der Waals surface area contributed by atoms with Crippen LogP contribution in [0.2, 0.25) is 0 Å². The fourth-order valence-corrected chi connectivity index (χ4v) is 1.69. The van der Waals surface area contributed by atoms with E-state index in [1.54, 1.807) is 14.2 Å². The molecule has 0 radical (unpaired) electrons. The van der Waals surface area contributed by atoms with Gasteiger partial charge in [-0.25, -0.2) is 0 Å². The maximum atomic E-state index is 11.4. The van der Waals surface area contributed by atoms with Crippen LogP contribution in [0, 0.1) is 0 Å². The van der Waals surface area contributed by atoms with Crippen molar-refractivity contribution in [2.75, 3.05) is 40.5 Å². The maximum Gasteiger partial charge on any atom is 0.234 e. The molecule has 0 saturated carbocycles. The van der Waals surface area contributed by atoms with Gasteiger partial charge in [-0.2, -0.15) is 0 Å². The molecule has 0 unspecified atom stereocenters. The highest BCUT2D eigenvalue weighted by Gasteiger charge is 2.02. The van der Waals surface area contributed by atoms with Gasteiger partial charge in [-0.1, -0.05) is 18.2 Å². The number of para-hydroxylation sites is 1. The van der Waals surface area contributed by atoms with Crippen LogP contribution in [0.25, 0.3) is 0 Å². The lowest BCUT2D eigenvalue weighted by Gasteiger charge is -2.09. The Morgan fingerprint density at radius 2 is 2.00 bits per heavy atom. The lowest BCUT2D eigenvalue weighted by molar-refractivity contribution is -0.120. The molecule has 0 fully saturated rings. The SMILES string of the molecule is COCCNC(=O)CNCCc1ccccc1OC. The molecule has 0 saturated heterocycles. The van der Waals surface area contributed by atoms with Crippen LogP contribution in [0.5, 0.6) is 5.75 Å². The zero-order chi connectivity index (χ0) is 13.9. The van der Waals surface area contributed by atoms with E-state index < -0.39 is 0 Å². The van der Waals surface area contributed by atoms with Gasteiger partial charge in [0.1, 0.15) is 5.75 Å². The van der Waals surface area contributed by atoms with Gasteiger partial charge in [0.05, 0.1) is 20.3 Å². The van der Waals surface area contributed by atoms with E-state index in [-0.39, 0.29) is 5.91 Å². The van der Waals surface area contributed by atoms with Gasteiger partial charge in [0.2, 0.25) is 5.91 Å². The van der Waals surface area contributed by atoms with Gasteiger partial charge < -0.3 is 20.1 Å². The second-order valence-corrected chi connectivity index (χ2v) is 4.08. The highest BCUT2D eigenvalue weighted by atomic mass is 16.5. The Balaban J connectivity index is 2.18. The lowest BCUT2D eigenvalue weighted by Crippen LogP contribution is -2.36. The molecule has 0 heterocycles. The molecular weight excluding hydrogens is 244 g/mol. The number of benzene rings is 1. The molecule has 0 bridgehead atoms. The summed E-state index contributed by atoms with van der Waals surface area (Å²) in [6.45, 7) is 2.13. The summed E-state index contributed by atoms with van der Waals surface area (Å²) < 4.78 is 10.1. The summed E-state index contributed by atoms with van der Waals surface area (Å²) in [5.74, 6) is 0.867. The van der Waals surface area contributed by atoms with E-state index in [2.05, 4.69) is 10.6 Å². The van der Waals surface area contributed by atoms with Gasteiger partial charge in [-0.05, 0) is 24.6 Å². The Morgan fingerprint density at radius 3 is 2.74 bits per heavy atom. The van der Waals surface area contributed by atoms with E-state index in [9.17, 15) is 4.79 Å². The molecule has 1 amide bonds. The molecule has 1 aromatic rings. The summed E-state index contributed by atoms with van der Waals surface area (Å²) >= 11 is 0. The van der Waals surface area contributed by atoms with Crippen molar-refractivity contribution in [1.82, 2.24) is 10.6 Å². The predicted octanol–water partition coefficient (Wildman–Crippen LogP) is 0.590. The van der Waals surface area contributed by atoms with E-state index >= 15 is 0 Å². The van der Waals surface area contributed by atoms with Crippen molar-refractivity contribution in [2.24, 2.45) is 0 Å². The number of methoxy groups -OCH3 is 2. The minimum absolute atomic E-state index is 0.0166. The van der Waals surface area contributed by atoms with Gasteiger partial charge in [0.15, 0.2) is 0 Å². The quantitative estimate of drug-likeness (QED) is 0.642. The fraction of sp³-hybridized carbons (Fsp3) is 0.500. The van der Waals surface area contributed by atoms with E-state index in [4.69, 9.17) is 9.47 Å². The zero-order valence-electron chi connectivity index (χ0n) is 11.6. The molecular formula is C14H22N2O3. The fourth-order valence-electron chi connectivity index (χ4n) is 1.69. The van der Waals surface area contributed by atoms with Crippen molar-refractivity contribution in [3.63, 3.8) is 0 Å². The second kappa shape index (κ2) is 9.35. The van der Waals surface area contributed by atoms with Crippen molar-refractivity contribution in [3.05, 3.63) is 29.8 Å². The van der Waals surface area contributed by atoms with Crippen molar-refractivity contribution < 1.29 is 14.3 Å². The van der Waals surface area contributed by atoms with Crippen LogP contribution < -0.4 is 15.4 Å². The summed E-state index contributed by atoms with van der Waals surface area (Å²) in [4.78, 5) is 11.4. The highest BCUT2D eigenvalue weighted by molar-refractivity contribution is 5.77. The molecule has 0 aliphatic carbocycles. The van der Waals surface area contributed by atoms with E-state index in [0.29, 0.717) is 19.7 Å². The number of carbonyl (C=O) groups excluding carboxylic acids is 1. The highest BCUT2D eigenvalue weighted by Crippen LogP contribution is 2.16. The molecule has 0 aliphatic heterocycles. The monoisotopic (exact) mass is 266 g/mol. The number of nitrogens with one attached hydrogen (secondary N) is 2. The van der Waals surface area contributed by atoms with Crippen LogP contribution in [0.4, 0.5) is 0 Å². The first-order chi connectivity index (χ1) is 9.27. The molecule has 5 heteroatoms. The first-order valence-corrected chi connectivity index (χ1v) is 6.36. The number of hydrogen-bond acceptors (Lipinski definition) is 4. The van der Waals surface area contributed by atoms with Crippen molar-refractivity contribution in [1.29, 1.82) is 0 Å². The van der Waals surface area contributed by atoms with Gasteiger partial charge in [0.25, 0.3) is 0 Å². The van der Waals surface area contributed by atoms with Crippen LogP contribution in [-0.2, 0) is 16.0 Å². The topological polar surface area (TPSA) is 59.6 Å². The molecule has 0 spiro atoms. The average molecular weight is 266 g/mol. The first kappa shape index (κ1) is 15.5. The van der Waals surface area contributed by atoms with Gasteiger partial charge in [0, 0.05) is 13.7 Å². The van der Waals surface area contributed by atoms with E-state index in [1.807, 2.05) is 24.3 Å². The minimum Gasteiger partial charge on any atom is -0.496 e. The second-order valence-electron chi connectivity index (χ2n) is 4.08. The molecule has 0 aromatic heterocycles. The minimum atomic E-state index is -0.0166. The van der Waals surface area contributed by atoms with Gasteiger partial charge in [-0.15, -0.1) is 0 Å². The summed E-state index contributed by atoms with van der Waals surface area (Å²) in [5, 5.41) is 5.86. The number of rotatable bonds is 9. The van der Waals surface area contributed by atoms with Crippen LogP contribution in [0.1, 0.15) is 5.56 Å². The number of carbonyl (C=O) groups is 1. The summed E-state index contributed by atoms with van der Waals surface area (Å²) in [6, 6.07) is 7.89. The molecule has 2 N–H and O–H groups in total. The molecule has 1 rings (SSSR count). The third-order valence-electron chi connectivity index (χ3n) is 2.68. The van der Waals surface area contributed by atoms with E-state index in [0.717, 1.165) is 24.3 Å². The number of hydrogen-bond donors (Lipinski definition) is 2. The molecule has 5 nitrogen and oxygen atoms in total. The lowest BCUT2D eigenvalue weighted by atomic mass is 10.1. The van der Waals surface area contributed by atoms with Crippen molar-refractivity contribution >= 4 is 5.91 Å². The Labute approximate surface area is 114 Å². The number of amides is 1. The summed E-state index contributed by atoms with van der Waals surface area (Å²) in [5.41, 5.74) is 1.14. The molecule has 19 heavy (non-hydrogen) atoms. The summed E-state index contributed by atoms with van der Waals surface area (Å²) in [6.07, 6.45) is 0.829. The molecule has 0 atom stereocenters. The number of ether oxygens (including phenoxy) is 2. The Bertz CT molecular complexity index is 383. The van der Waals surface area contributed by atoms with E-state index in [1.165, 1.54) is 0 Å². The molecule has 0 aliphatic rings. The van der Waals surface area contributed by atoms with Crippen LogP contribution in [0.15, 0.2) is 24.3 Å². The van der Waals surface area contributed by atoms with Crippen molar-refractivity contribution in [2.45, 2.75) is 6.42 Å². The molecule has 1 aromatic carbocycles. The Morgan fingerprint density at radius 1 is 1.21 bits per heavy atom. The van der Waals surface area contributed by atoms with Crippen LogP contribution in [-0.4, -0.2) is 46.4 Å². The largest absolute Gasteiger partial charge is 0.496 e. The standard InChI is InChI=1S/C14H22N2O3/c1-18-10-9-16-14(17)11-15-8-7-12-5-3-4-6-13(12)19-2/h3-6,15H,7-11H2,1-2H3,(H,16,17). The van der Waals surface area contributed by atoms with Crippen molar-refractivity contribution in [3.8, 4) is 5.75 Å². The predicted molar refractivity (Wildman–Crippen MR) is 74.5 cm³/mol. The zero-order valence-corrected chi connectivity index (χ0v) is 11.6. The Kier molecular flexibility index (Phi) is 7.62. The summed E-state index contributed by atoms with van der Waals surface area (Å²) in [7, 11) is 3.27. The third-order valence-corrected chi connectivity index (χ3v) is 2.68. The third kappa shape index (κ3) is 6.22. The Hall–Kier alpha value is -1.59. The normalized spacial score (nSPS) is 10.2. The maximum absolute atomic E-state index is 11.4. The van der Waals surface area contributed by atoms with Crippen LogP contribution in [0.3, 0.4) is 0 Å². The molecule has 106 valence electrons.